The molecule has 0 atom stereocenters. The molecule has 0 bridgehead atoms. The monoisotopic (exact) mass is 310 g/mol. The highest BCUT2D eigenvalue weighted by molar-refractivity contribution is 6.32. The quantitative estimate of drug-likeness (QED) is 0.638. The Bertz CT molecular complexity index is 821. The zero-order valence-corrected chi connectivity index (χ0v) is 11.4. The predicted octanol–water partition coefficient (Wildman–Crippen LogP) is 4.88. The number of halogens is 4. The van der Waals surface area contributed by atoms with E-state index in [0.717, 1.165) is 23.0 Å². The lowest BCUT2D eigenvalue weighted by Crippen LogP contribution is -2.05. The number of rotatable bonds is 1. The number of anilines is 1. The van der Waals surface area contributed by atoms with E-state index in [0.29, 0.717) is 11.4 Å². The van der Waals surface area contributed by atoms with Gasteiger partial charge in [0.2, 0.25) is 0 Å². The van der Waals surface area contributed by atoms with Crippen molar-refractivity contribution in [3.05, 3.63) is 59.2 Å². The second-order valence-electron chi connectivity index (χ2n) is 4.63. The Labute approximate surface area is 123 Å². The van der Waals surface area contributed by atoms with Crippen molar-refractivity contribution in [3.63, 3.8) is 0 Å². The van der Waals surface area contributed by atoms with E-state index in [1.807, 2.05) is 6.07 Å². The van der Waals surface area contributed by atoms with Crippen molar-refractivity contribution in [1.82, 2.24) is 4.57 Å². The summed E-state index contributed by atoms with van der Waals surface area (Å²) in [6, 6.07) is 10.5. The van der Waals surface area contributed by atoms with Crippen LogP contribution in [0.3, 0.4) is 0 Å². The summed E-state index contributed by atoms with van der Waals surface area (Å²) >= 11 is 6.01. The van der Waals surface area contributed by atoms with E-state index in [1.165, 1.54) is 6.07 Å². The molecule has 0 fully saturated rings. The SMILES string of the molecule is Nc1cccc2c1ccn2-c1ccc(C(F)(F)F)cc1Cl. The molecule has 3 aromatic rings. The highest BCUT2D eigenvalue weighted by atomic mass is 35.5. The minimum Gasteiger partial charge on any atom is -0.398 e. The van der Waals surface area contributed by atoms with Crippen LogP contribution in [-0.2, 0) is 6.18 Å². The fourth-order valence-electron chi connectivity index (χ4n) is 2.28. The average molecular weight is 311 g/mol. The van der Waals surface area contributed by atoms with Gasteiger partial charge in [-0.15, -0.1) is 0 Å². The molecular formula is C15H10ClF3N2. The Hall–Kier alpha value is -2.14. The third-order valence-electron chi connectivity index (χ3n) is 3.30. The van der Waals surface area contributed by atoms with Gasteiger partial charge in [-0.1, -0.05) is 17.7 Å². The molecule has 1 heterocycles. The maximum Gasteiger partial charge on any atom is 0.416 e. The van der Waals surface area contributed by atoms with Gasteiger partial charge in [0.15, 0.2) is 0 Å². The van der Waals surface area contributed by atoms with E-state index in [1.54, 1.807) is 29.0 Å². The Morgan fingerprint density at radius 1 is 1.05 bits per heavy atom. The van der Waals surface area contributed by atoms with E-state index < -0.39 is 11.7 Å². The van der Waals surface area contributed by atoms with Crippen molar-refractivity contribution >= 4 is 28.2 Å². The number of nitrogens with two attached hydrogens (primary N) is 1. The van der Waals surface area contributed by atoms with Crippen molar-refractivity contribution < 1.29 is 13.2 Å². The van der Waals surface area contributed by atoms with Crippen LogP contribution < -0.4 is 5.73 Å². The number of benzene rings is 2. The van der Waals surface area contributed by atoms with E-state index in [-0.39, 0.29) is 5.02 Å². The zero-order chi connectivity index (χ0) is 15.2. The molecule has 0 radical (unpaired) electrons. The summed E-state index contributed by atoms with van der Waals surface area (Å²) in [5.41, 5.74) is 6.97. The first kappa shape index (κ1) is 13.8. The van der Waals surface area contributed by atoms with Gasteiger partial charge in [-0.3, -0.25) is 0 Å². The first-order valence-electron chi connectivity index (χ1n) is 6.10. The number of nitrogens with zero attached hydrogens (tertiary/aromatic N) is 1. The van der Waals surface area contributed by atoms with Gasteiger partial charge in [-0.05, 0) is 36.4 Å². The van der Waals surface area contributed by atoms with E-state index in [9.17, 15) is 13.2 Å². The van der Waals surface area contributed by atoms with Gasteiger partial charge in [-0.2, -0.15) is 13.2 Å². The summed E-state index contributed by atoms with van der Waals surface area (Å²) in [5.74, 6) is 0. The average Bonchev–Trinajstić information content (AvgIpc) is 2.83. The van der Waals surface area contributed by atoms with Gasteiger partial charge >= 0.3 is 6.18 Å². The third-order valence-corrected chi connectivity index (χ3v) is 3.60. The first-order valence-corrected chi connectivity index (χ1v) is 6.48. The highest BCUT2D eigenvalue weighted by Gasteiger charge is 2.31. The molecule has 2 nitrogen and oxygen atoms in total. The normalized spacial score (nSPS) is 12.0. The molecule has 21 heavy (non-hydrogen) atoms. The number of hydrogen-bond acceptors (Lipinski definition) is 1. The molecule has 6 heteroatoms. The van der Waals surface area contributed by atoms with Gasteiger partial charge in [0.05, 0.1) is 21.8 Å². The van der Waals surface area contributed by atoms with E-state index in [2.05, 4.69) is 0 Å². The molecule has 3 rings (SSSR count). The van der Waals surface area contributed by atoms with Crippen LogP contribution >= 0.6 is 11.6 Å². The fraction of sp³-hybridized carbons (Fsp3) is 0.0667. The lowest BCUT2D eigenvalue weighted by molar-refractivity contribution is -0.137. The molecule has 108 valence electrons. The second-order valence-corrected chi connectivity index (χ2v) is 5.04. The Morgan fingerprint density at radius 3 is 2.48 bits per heavy atom. The Balaban J connectivity index is 2.18. The minimum absolute atomic E-state index is 0.0322. The maximum atomic E-state index is 12.7. The second kappa shape index (κ2) is 4.70. The molecular weight excluding hydrogens is 301 g/mol. The summed E-state index contributed by atoms with van der Waals surface area (Å²) in [4.78, 5) is 0. The molecule has 0 saturated carbocycles. The van der Waals surface area contributed by atoms with Crippen molar-refractivity contribution in [2.45, 2.75) is 6.18 Å². The molecule has 0 saturated heterocycles. The fourth-order valence-corrected chi connectivity index (χ4v) is 2.55. The van der Waals surface area contributed by atoms with Crippen LogP contribution in [0.1, 0.15) is 5.56 Å². The number of hydrogen-bond donors (Lipinski definition) is 1. The largest absolute Gasteiger partial charge is 0.416 e. The number of alkyl halides is 3. The van der Waals surface area contributed by atoms with Crippen LogP contribution in [0.4, 0.5) is 18.9 Å². The molecule has 2 aromatic carbocycles. The number of fused-ring (bicyclic) bond motifs is 1. The minimum atomic E-state index is -4.41. The van der Waals surface area contributed by atoms with Gasteiger partial charge in [0, 0.05) is 17.3 Å². The lowest BCUT2D eigenvalue weighted by Gasteiger charge is -2.12. The Kier molecular flexibility index (Phi) is 3.10. The predicted molar refractivity (Wildman–Crippen MR) is 77.7 cm³/mol. The van der Waals surface area contributed by atoms with Crippen LogP contribution in [0, 0.1) is 0 Å². The standard InChI is InChI=1S/C15H10ClF3N2/c16-11-8-9(15(17,18)19)4-5-14(11)21-7-6-10-12(20)2-1-3-13(10)21/h1-8H,20H2. The lowest BCUT2D eigenvalue weighted by atomic mass is 10.2. The topological polar surface area (TPSA) is 30.9 Å². The first-order chi connectivity index (χ1) is 9.88. The molecule has 0 amide bonds. The maximum absolute atomic E-state index is 12.7. The summed E-state index contributed by atoms with van der Waals surface area (Å²) in [6.07, 6.45) is -2.68. The zero-order valence-electron chi connectivity index (χ0n) is 10.7. The van der Waals surface area contributed by atoms with Crippen molar-refractivity contribution in [2.24, 2.45) is 0 Å². The molecule has 0 spiro atoms. The van der Waals surface area contributed by atoms with Crippen LogP contribution in [0.25, 0.3) is 16.6 Å². The molecule has 0 aliphatic heterocycles. The van der Waals surface area contributed by atoms with Crippen LogP contribution in [-0.4, -0.2) is 4.57 Å². The van der Waals surface area contributed by atoms with Gasteiger partial charge in [0.1, 0.15) is 0 Å². The number of aromatic nitrogens is 1. The highest BCUT2D eigenvalue weighted by Crippen LogP contribution is 2.34. The number of nitrogen functional groups attached to an aromatic ring is 1. The molecule has 0 aliphatic carbocycles. The van der Waals surface area contributed by atoms with Gasteiger partial charge in [0.25, 0.3) is 0 Å². The Morgan fingerprint density at radius 2 is 1.81 bits per heavy atom. The molecule has 2 N–H and O–H groups in total. The summed E-state index contributed by atoms with van der Waals surface area (Å²) < 4.78 is 39.7. The molecule has 0 unspecified atom stereocenters. The third kappa shape index (κ3) is 2.34. The molecule has 0 aliphatic rings. The van der Waals surface area contributed by atoms with Crippen LogP contribution in [0.5, 0.6) is 0 Å². The van der Waals surface area contributed by atoms with Crippen molar-refractivity contribution in [1.29, 1.82) is 0 Å². The van der Waals surface area contributed by atoms with Crippen LogP contribution in [0.2, 0.25) is 5.02 Å². The summed E-state index contributed by atoms with van der Waals surface area (Å²) in [7, 11) is 0. The van der Waals surface area contributed by atoms with Gasteiger partial charge < -0.3 is 10.3 Å². The summed E-state index contributed by atoms with van der Waals surface area (Å²) in [5, 5.41) is 0.859. The smallest absolute Gasteiger partial charge is 0.398 e. The molecule has 1 aromatic heterocycles. The summed E-state index contributed by atoms with van der Waals surface area (Å²) in [6.45, 7) is 0. The van der Waals surface area contributed by atoms with Crippen LogP contribution in [0.15, 0.2) is 48.7 Å². The van der Waals surface area contributed by atoms with E-state index >= 15 is 0 Å². The van der Waals surface area contributed by atoms with Crippen molar-refractivity contribution in [3.8, 4) is 5.69 Å². The van der Waals surface area contributed by atoms with Gasteiger partial charge in [-0.25, -0.2) is 0 Å². The van der Waals surface area contributed by atoms with Crippen molar-refractivity contribution in [2.75, 3.05) is 5.73 Å². The van der Waals surface area contributed by atoms with E-state index in [4.69, 9.17) is 17.3 Å².